The van der Waals surface area contributed by atoms with Crippen molar-refractivity contribution < 1.29 is 0 Å². The molecule has 1 atom stereocenters. The van der Waals surface area contributed by atoms with Gasteiger partial charge in [0, 0.05) is 55.9 Å². The van der Waals surface area contributed by atoms with Crippen LogP contribution in [-0.4, -0.2) is 42.6 Å². The Bertz CT molecular complexity index is 646. The molecule has 4 rings (SSSR count). The zero-order valence-corrected chi connectivity index (χ0v) is 12.6. The van der Waals surface area contributed by atoms with Crippen LogP contribution in [-0.2, 0) is 0 Å². The van der Waals surface area contributed by atoms with E-state index < -0.39 is 0 Å². The van der Waals surface area contributed by atoms with Crippen LogP contribution >= 0.6 is 0 Å². The minimum atomic E-state index is 0.495. The molecule has 1 fully saturated rings. The van der Waals surface area contributed by atoms with Crippen LogP contribution < -0.4 is 10.6 Å². The fourth-order valence-corrected chi connectivity index (χ4v) is 3.29. The molecule has 3 N–H and O–H groups in total. The van der Waals surface area contributed by atoms with Crippen LogP contribution in [0.25, 0.3) is 5.57 Å². The normalized spacial score (nSPS) is 25.0. The largest absolute Gasteiger partial charge is 0.379 e. The number of fused-ring (bicyclic) bond motifs is 1. The van der Waals surface area contributed by atoms with Crippen molar-refractivity contribution in [2.24, 2.45) is 5.92 Å². The number of H-pyrrole nitrogens is 1. The molecular weight excluding hydrogens is 260 g/mol. The van der Waals surface area contributed by atoms with Crippen LogP contribution in [0.3, 0.4) is 0 Å². The van der Waals surface area contributed by atoms with Crippen LogP contribution in [0.4, 0.5) is 0 Å². The number of allylic oxidation sites excluding steroid dienone is 3. The van der Waals surface area contributed by atoms with E-state index in [9.17, 15) is 0 Å². The van der Waals surface area contributed by atoms with Crippen molar-refractivity contribution in [1.29, 1.82) is 0 Å². The van der Waals surface area contributed by atoms with E-state index in [0.717, 1.165) is 19.6 Å². The van der Waals surface area contributed by atoms with E-state index >= 15 is 0 Å². The summed E-state index contributed by atoms with van der Waals surface area (Å²) >= 11 is 0. The molecule has 1 unspecified atom stereocenters. The standard InChI is InChI=1S/C17H22N4/c1-11-3-4-16(19-11)12-5-13-9-21(2)10-15(13)17(6-12)20-14-7-18-8-14/h3-6,10,13-14,18-20H,7-9H2,1-2H3. The Morgan fingerprint density at radius 2 is 2.14 bits per heavy atom. The van der Waals surface area contributed by atoms with Crippen molar-refractivity contribution in [3.63, 3.8) is 0 Å². The lowest BCUT2D eigenvalue weighted by Gasteiger charge is -2.32. The second-order valence-electron chi connectivity index (χ2n) is 6.37. The van der Waals surface area contributed by atoms with Crippen molar-refractivity contribution in [2.45, 2.75) is 13.0 Å². The van der Waals surface area contributed by atoms with Gasteiger partial charge in [0.25, 0.3) is 0 Å². The number of hydrogen-bond acceptors (Lipinski definition) is 3. The molecular formula is C17H22N4. The minimum Gasteiger partial charge on any atom is -0.379 e. The van der Waals surface area contributed by atoms with Gasteiger partial charge in [-0.2, -0.15) is 0 Å². The molecule has 3 aliphatic rings. The number of aryl methyl sites for hydroxylation is 1. The van der Waals surface area contributed by atoms with Gasteiger partial charge in [0.2, 0.25) is 0 Å². The summed E-state index contributed by atoms with van der Waals surface area (Å²) in [5.41, 5.74) is 6.45. The zero-order valence-electron chi connectivity index (χ0n) is 12.6. The van der Waals surface area contributed by atoms with Gasteiger partial charge in [-0.15, -0.1) is 0 Å². The van der Waals surface area contributed by atoms with Gasteiger partial charge in [-0.05, 0) is 36.3 Å². The maximum atomic E-state index is 3.70. The summed E-state index contributed by atoms with van der Waals surface area (Å²) < 4.78 is 0. The van der Waals surface area contributed by atoms with Gasteiger partial charge < -0.3 is 20.5 Å². The smallest absolute Gasteiger partial charge is 0.0510 e. The molecule has 2 aliphatic heterocycles. The molecule has 110 valence electrons. The van der Waals surface area contributed by atoms with Gasteiger partial charge in [0.1, 0.15) is 0 Å². The summed E-state index contributed by atoms with van der Waals surface area (Å²) in [5, 5.41) is 7.03. The van der Waals surface area contributed by atoms with Crippen molar-refractivity contribution in [1.82, 2.24) is 20.5 Å². The summed E-state index contributed by atoms with van der Waals surface area (Å²) in [6, 6.07) is 4.88. The average Bonchev–Trinajstić information content (AvgIpc) is 2.98. The number of aromatic amines is 1. The maximum Gasteiger partial charge on any atom is 0.0510 e. The van der Waals surface area contributed by atoms with Gasteiger partial charge in [-0.1, -0.05) is 6.08 Å². The Labute approximate surface area is 125 Å². The van der Waals surface area contributed by atoms with E-state index in [-0.39, 0.29) is 0 Å². The minimum absolute atomic E-state index is 0.495. The summed E-state index contributed by atoms with van der Waals surface area (Å²) in [7, 11) is 2.15. The lowest BCUT2D eigenvalue weighted by atomic mass is 9.89. The molecule has 1 aliphatic carbocycles. The van der Waals surface area contributed by atoms with Crippen molar-refractivity contribution in [2.75, 3.05) is 26.7 Å². The molecule has 0 radical (unpaired) electrons. The van der Waals surface area contributed by atoms with E-state index in [1.807, 2.05) is 0 Å². The molecule has 0 amide bonds. The SMILES string of the molecule is Cc1ccc(C2=CC3CN(C)C=C3C(NC3CNC3)=C2)[nH]1. The number of aromatic nitrogens is 1. The summed E-state index contributed by atoms with van der Waals surface area (Å²) in [6.45, 7) is 5.29. The van der Waals surface area contributed by atoms with E-state index in [4.69, 9.17) is 0 Å². The van der Waals surface area contributed by atoms with Gasteiger partial charge in [0.15, 0.2) is 0 Å². The Balaban J connectivity index is 1.68. The molecule has 1 aromatic heterocycles. The molecule has 0 saturated carbocycles. The highest BCUT2D eigenvalue weighted by Gasteiger charge is 2.29. The third-order valence-corrected chi connectivity index (χ3v) is 4.52. The second-order valence-corrected chi connectivity index (χ2v) is 6.37. The van der Waals surface area contributed by atoms with Crippen LogP contribution in [0.5, 0.6) is 0 Å². The number of hydrogen-bond donors (Lipinski definition) is 3. The van der Waals surface area contributed by atoms with Crippen molar-refractivity contribution in [3.8, 4) is 0 Å². The molecule has 0 spiro atoms. The maximum absolute atomic E-state index is 3.70. The number of nitrogens with one attached hydrogen (secondary N) is 3. The van der Waals surface area contributed by atoms with E-state index in [1.54, 1.807) is 0 Å². The van der Waals surface area contributed by atoms with E-state index in [0.29, 0.717) is 12.0 Å². The molecule has 4 nitrogen and oxygen atoms in total. The Morgan fingerprint density at radius 3 is 2.81 bits per heavy atom. The van der Waals surface area contributed by atoms with Crippen molar-refractivity contribution >= 4 is 5.57 Å². The highest BCUT2D eigenvalue weighted by molar-refractivity contribution is 5.77. The first-order chi connectivity index (χ1) is 10.2. The highest BCUT2D eigenvalue weighted by atomic mass is 15.1. The second kappa shape index (κ2) is 4.81. The third kappa shape index (κ3) is 2.29. The summed E-state index contributed by atoms with van der Waals surface area (Å²) in [5.74, 6) is 0.495. The Hall–Kier alpha value is -1.94. The predicted octanol–water partition coefficient (Wildman–Crippen LogP) is 1.61. The molecule has 1 saturated heterocycles. The highest BCUT2D eigenvalue weighted by Crippen LogP contribution is 2.35. The van der Waals surface area contributed by atoms with Gasteiger partial charge >= 0.3 is 0 Å². The topological polar surface area (TPSA) is 43.1 Å². The lowest BCUT2D eigenvalue weighted by molar-refractivity contribution is 0.392. The van der Waals surface area contributed by atoms with Crippen molar-refractivity contribution in [3.05, 3.63) is 53.1 Å². The summed E-state index contributed by atoms with van der Waals surface area (Å²) in [6.07, 6.45) is 6.97. The Morgan fingerprint density at radius 1 is 1.29 bits per heavy atom. The first-order valence-corrected chi connectivity index (χ1v) is 7.68. The zero-order chi connectivity index (χ0) is 14.4. The van der Waals surface area contributed by atoms with Crippen LogP contribution in [0.1, 0.15) is 11.4 Å². The average molecular weight is 282 g/mol. The third-order valence-electron chi connectivity index (χ3n) is 4.52. The molecule has 21 heavy (non-hydrogen) atoms. The van der Waals surface area contributed by atoms with E-state index in [1.165, 1.54) is 28.2 Å². The fraction of sp³-hybridized carbons (Fsp3) is 0.412. The fourth-order valence-electron chi connectivity index (χ4n) is 3.29. The van der Waals surface area contributed by atoms with Gasteiger partial charge in [-0.3, -0.25) is 0 Å². The summed E-state index contributed by atoms with van der Waals surface area (Å²) in [4.78, 5) is 5.74. The molecule has 1 aromatic rings. The van der Waals surface area contributed by atoms with E-state index in [2.05, 4.69) is 65.0 Å². The first-order valence-electron chi connectivity index (χ1n) is 7.68. The quantitative estimate of drug-likeness (QED) is 0.789. The van der Waals surface area contributed by atoms with Gasteiger partial charge in [-0.25, -0.2) is 0 Å². The van der Waals surface area contributed by atoms with Crippen LogP contribution in [0, 0.1) is 12.8 Å². The molecule has 0 bridgehead atoms. The van der Waals surface area contributed by atoms with Crippen LogP contribution in [0.2, 0.25) is 0 Å². The molecule has 4 heteroatoms. The lowest BCUT2D eigenvalue weighted by Crippen LogP contribution is -2.55. The predicted molar refractivity (Wildman–Crippen MR) is 85.6 cm³/mol. The van der Waals surface area contributed by atoms with Crippen LogP contribution in [0.15, 0.2) is 41.8 Å². The number of rotatable bonds is 3. The van der Waals surface area contributed by atoms with Gasteiger partial charge in [0.05, 0.1) is 6.04 Å². The Kier molecular flexibility index (Phi) is 2.93. The molecule has 3 heterocycles. The number of nitrogens with zero attached hydrogens (tertiary/aromatic N) is 1. The monoisotopic (exact) mass is 282 g/mol. The molecule has 0 aromatic carbocycles. The first kappa shape index (κ1) is 12.8.